The molecule has 0 radical (unpaired) electrons. The largest absolute Gasteiger partial charge is 0.369 e. The normalized spacial score (nSPS) is 20.6. The number of hydrogen-bond acceptors (Lipinski definition) is 4. The Balaban J connectivity index is 1.64. The van der Waals surface area contributed by atoms with Gasteiger partial charge in [-0.15, -0.1) is 0 Å². The van der Waals surface area contributed by atoms with Gasteiger partial charge in [-0.1, -0.05) is 11.6 Å². The van der Waals surface area contributed by atoms with Gasteiger partial charge >= 0.3 is 0 Å². The fourth-order valence-corrected chi connectivity index (χ4v) is 2.22. The summed E-state index contributed by atoms with van der Waals surface area (Å²) in [7, 11) is 0. The number of benzene rings is 1. The predicted molar refractivity (Wildman–Crippen MR) is 84.3 cm³/mol. The fourth-order valence-electron chi connectivity index (χ4n) is 2.09. The van der Waals surface area contributed by atoms with Crippen LogP contribution in [0.2, 0.25) is 5.02 Å². The van der Waals surface area contributed by atoms with Gasteiger partial charge in [-0.3, -0.25) is 15.1 Å². The van der Waals surface area contributed by atoms with Gasteiger partial charge < -0.3 is 10.6 Å². The molecule has 2 aliphatic rings. The number of carbonyl (C=O) groups excluding carboxylic acids is 1. The van der Waals surface area contributed by atoms with Crippen LogP contribution in [0.3, 0.4) is 0 Å². The van der Waals surface area contributed by atoms with E-state index in [0.29, 0.717) is 16.4 Å². The van der Waals surface area contributed by atoms with Gasteiger partial charge in [0.05, 0.1) is 0 Å². The van der Waals surface area contributed by atoms with Crippen LogP contribution >= 0.6 is 11.6 Å². The molecule has 1 atom stereocenters. The minimum atomic E-state index is -0.247. The molecule has 3 N–H and O–H groups in total. The number of anilines is 1. The molecular weight excluding hydrogens is 288 g/mol. The Morgan fingerprint density at radius 1 is 1.33 bits per heavy atom. The second-order valence-corrected chi connectivity index (χ2v) is 5.68. The van der Waals surface area contributed by atoms with E-state index in [2.05, 4.69) is 20.9 Å². The molecule has 0 aromatic heterocycles. The number of hydrogen-bond donors (Lipinski definition) is 3. The summed E-state index contributed by atoms with van der Waals surface area (Å²) in [6.07, 6.45) is 5.61. The van der Waals surface area contributed by atoms with Gasteiger partial charge in [-0.05, 0) is 43.0 Å². The molecule has 1 unspecified atom stereocenters. The first-order chi connectivity index (χ1) is 10.2. The third-order valence-electron chi connectivity index (χ3n) is 3.47. The first-order valence-electron chi connectivity index (χ1n) is 7.01. The zero-order chi connectivity index (χ0) is 14.7. The van der Waals surface area contributed by atoms with Crippen molar-refractivity contribution in [3.05, 3.63) is 41.7 Å². The Bertz CT molecular complexity index is 578. The molecule has 21 heavy (non-hydrogen) atoms. The van der Waals surface area contributed by atoms with Gasteiger partial charge in [0.25, 0.3) is 5.91 Å². The topological polar surface area (TPSA) is 65.5 Å². The summed E-state index contributed by atoms with van der Waals surface area (Å²) in [5.41, 5.74) is 1.13. The molecule has 6 heteroatoms. The molecule has 0 spiro atoms. The van der Waals surface area contributed by atoms with E-state index in [1.165, 1.54) is 12.8 Å². The standard InChI is InChI=1S/C15H17ClN4O/c16-11-3-5-12(6-4-11)20-15(21)13-14(18-8-7-17-13)19-9-10-1-2-10/h3-8,10,14,18-19H,1-2,9H2,(H,20,21). The zero-order valence-electron chi connectivity index (χ0n) is 11.5. The highest BCUT2D eigenvalue weighted by Gasteiger charge is 2.27. The van der Waals surface area contributed by atoms with E-state index in [-0.39, 0.29) is 12.1 Å². The van der Waals surface area contributed by atoms with Gasteiger partial charge in [0.1, 0.15) is 11.9 Å². The van der Waals surface area contributed by atoms with Crippen LogP contribution in [0.1, 0.15) is 12.8 Å². The highest BCUT2D eigenvalue weighted by molar-refractivity contribution is 6.45. The van der Waals surface area contributed by atoms with E-state index in [0.717, 1.165) is 12.5 Å². The molecule has 1 aromatic rings. The van der Waals surface area contributed by atoms with Crippen molar-refractivity contribution in [2.75, 3.05) is 11.9 Å². The summed E-state index contributed by atoms with van der Waals surface area (Å²) in [6.45, 7) is 0.902. The molecule has 1 aliphatic carbocycles. The lowest BCUT2D eigenvalue weighted by Crippen LogP contribution is -2.52. The molecule has 1 heterocycles. The van der Waals surface area contributed by atoms with E-state index in [9.17, 15) is 4.79 Å². The van der Waals surface area contributed by atoms with E-state index < -0.39 is 0 Å². The van der Waals surface area contributed by atoms with Gasteiger partial charge in [0.2, 0.25) is 0 Å². The highest BCUT2D eigenvalue weighted by atomic mass is 35.5. The van der Waals surface area contributed by atoms with Crippen molar-refractivity contribution in [2.45, 2.75) is 19.0 Å². The van der Waals surface area contributed by atoms with E-state index in [1.54, 1.807) is 36.7 Å². The Kier molecular flexibility index (Phi) is 4.22. The maximum Gasteiger partial charge on any atom is 0.273 e. The smallest absolute Gasteiger partial charge is 0.273 e. The van der Waals surface area contributed by atoms with Crippen LogP contribution in [-0.2, 0) is 4.79 Å². The Labute approximate surface area is 128 Å². The molecule has 5 nitrogen and oxygen atoms in total. The molecule has 0 saturated heterocycles. The lowest BCUT2D eigenvalue weighted by Gasteiger charge is -2.22. The molecule has 0 bridgehead atoms. The number of nitrogens with zero attached hydrogens (tertiary/aromatic N) is 1. The molecule has 110 valence electrons. The first-order valence-corrected chi connectivity index (χ1v) is 7.39. The highest BCUT2D eigenvalue weighted by Crippen LogP contribution is 2.27. The minimum absolute atomic E-state index is 0.220. The quantitative estimate of drug-likeness (QED) is 0.780. The summed E-state index contributed by atoms with van der Waals surface area (Å²) < 4.78 is 0. The van der Waals surface area contributed by atoms with Crippen molar-refractivity contribution >= 4 is 28.9 Å². The van der Waals surface area contributed by atoms with Crippen LogP contribution in [-0.4, -0.2) is 24.3 Å². The Hall–Kier alpha value is -1.85. The summed E-state index contributed by atoms with van der Waals surface area (Å²) in [5, 5.41) is 9.92. The third-order valence-corrected chi connectivity index (χ3v) is 3.72. The lowest BCUT2D eigenvalue weighted by molar-refractivity contribution is -0.110. The Morgan fingerprint density at radius 2 is 2.10 bits per heavy atom. The number of nitrogens with one attached hydrogen (secondary N) is 3. The van der Waals surface area contributed by atoms with Crippen molar-refractivity contribution in [2.24, 2.45) is 10.9 Å². The van der Waals surface area contributed by atoms with Crippen LogP contribution in [0.15, 0.2) is 41.7 Å². The van der Waals surface area contributed by atoms with E-state index in [4.69, 9.17) is 11.6 Å². The van der Waals surface area contributed by atoms with Crippen molar-refractivity contribution in [1.82, 2.24) is 10.6 Å². The van der Waals surface area contributed by atoms with Crippen LogP contribution in [0.25, 0.3) is 0 Å². The van der Waals surface area contributed by atoms with E-state index in [1.807, 2.05) is 0 Å². The number of aliphatic imine (C=N–C) groups is 1. The number of rotatable bonds is 5. The average Bonchev–Trinajstić information content (AvgIpc) is 3.32. The van der Waals surface area contributed by atoms with Crippen molar-refractivity contribution in [1.29, 1.82) is 0 Å². The number of carbonyl (C=O) groups is 1. The maximum absolute atomic E-state index is 12.3. The summed E-state index contributed by atoms with van der Waals surface area (Å²) in [6, 6.07) is 7.00. The van der Waals surface area contributed by atoms with Crippen molar-refractivity contribution in [3.63, 3.8) is 0 Å². The van der Waals surface area contributed by atoms with Gasteiger partial charge in [0, 0.05) is 29.7 Å². The Morgan fingerprint density at radius 3 is 2.81 bits per heavy atom. The van der Waals surface area contributed by atoms with Crippen LogP contribution in [0.4, 0.5) is 5.69 Å². The summed E-state index contributed by atoms with van der Waals surface area (Å²) in [4.78, 5) is 16.5. The first kappa shape index (κ1) is 14.1. The lowest BCUT2D eigenvalue weighted by atomic mass is 10.2. The summed E-state index contributed by atoms with van der Waals surface area (Å²) in [5.74, 6) is 0.515. The summed E-state index contributed by atoms with van der Waals surface area (Å²) >= 11 is 5.83. The number of halogens is 1. The van der Waals surface area contributed by atoms with Crippen LogP contribution in [0.5, 0.6) is 0 Å². The van der Waals surface area contributed by atoms with Crippen molar-refractivity contribution in [3.8, 4) is 0 Å². The minimum Gasteiger partial charge on any atom is -0.369 e. The van der Waals surface area contributed by atoms with Crippen molar-refractivity contribution < 1.29 is 4.79 Å². The molecular formula is C15H17ClN4O. The molecule has 3 rings (SSSR count). The molecule has 1 aliphatic heterocycles. The molecule has 1 amide bonds. The zero-order valence-corrected chi connectivity index (χ0v) is 12.2. The SMILES string of the molecule is O=C(Nc1ccc(Cl)cc1)C1=NC=CNC1NCC1CC1. The second-order valence-electron chi connectivity index (χ2n) is 5.24. The predicted octanol–water partition coefficient (Wildman–Crippen LogP) is 2.12. The van der Waals surface area contributed by atoms with Gasteiger partial charge in [0.15, 0.2) is 0 Å². The molecule has 1 fully saturated rings. The van der Waals surface area contributed by atoms with Crippen LogP contribution in [0, 0.1) is 5.92 Å². The van der Waals surface area contributed by atoms with Crippen LogP contribution < -0.4 is 16.0 Å². The fraction of sp³-hybridized carbons (Fsp3) is 0.333. The average molecular weight is 305 g/mol. The third kappa shape index (κ3) is 3.83. The molecule has 1 saturated carbocycles. The van der Waals surface area contributed by atoms with E-state index >= 15 is 0 Å². The van der Waals surface area contributed by atoms with Gasteiger partial charge in [-0.25, -0.2) is 0 Å². The van der Waals surface area contributed by atoms with Gasteiger partial charge in [-0.2, -0.15) is 0 Å². The number of amides is 1. The maximum atomic E-state index is 12.3. The second kappa shape index (κ2) is 6.28. The molecule has 1 aromatic carbocycles. The monoisotopic (exact) mass is 304 g/mol.